The second kappa shape index (κ2) is 9.88. The summed E-state index contributed by atoms with van der Waals surface area (Å²) in [7, 11) is 9.35. The van der Waals surface area contributed by atoms with Gasteiger partial charge in [-0.3, -0.25) is 4.57 Å². The Bertz CT molecular complexity index is 1290. The molecule has 0 spiro atoms. The predicted molar refractivity (Wildman–Crippen MR) is 138 cm³/mol. The molecule has 0 bridgehead atoms. The fourth-order valence-electron chi connectivity index (χ4n) is 3.78. The van der Waals surface area contributed by atoms with E-state index >= 15 is 0 Å². The highest BCUT2D eigenvalue weighted by Gasteiger charge is 2.16. The minimum Gasteiger partial charge on any atom is -0.494 e. The zero-order valence-electron chi connectivity index (χ0n) is 20.2. The van der Waals surface area contributed by atoms with Crippen LogP contribution in [-0.2, 0) is 0 Å². The lowest BCUT2D eigenvalue weighted by atomic mass is 10.2. The number of likely N-dealkylation sites (N-methyl/N-ethyl adjacent to an activating group) is 2. The average Bonchev–Trinajstić information content (AvgIpc) is 3.26. The Labute approximate surface area is 199 Å². The Morgan fingerprint density at radius 3 is 2.50 bits per heavy atom. The molecule has 2 aromatic heterocycles. The Morgan fingerprint density at radius 2 is 1.76 bits per heavy atom. The Morgan fingerprint density at radius 1 is 1.00 bits per heavy atom. The van der Waals surface area contributed by atoms with Gasteiger partial charge in [-0.05, 0) is 37.7 Å². The second-order valence-corrected chi connectivity index (χ2v) is 8.29. The Balaban J connectivity index is 1.67. The van der Waals surface area contributed by atoms with Gasteiger partial charge >= 0.3 is 0 Å². The van der Waals surface area contributed by atoms with Gasteiger partial charge < -0.3 is 30.3 Å². The van der Waals surface area contributed by atoms with Crippen LogP contribution in [0.3, 0.4) is 0 Å². The number of methoxy groups -OCH3 is 2. The largest absolute Gasteiger partial charge is 0.494 e. The molecule has 0 amide bonds. The number of nitrogens with zero attached hydrogens (tertiary/aromatic N) is 5. The fourth-order valence-corrected chi connectivity index (χ4v) is 3.78. The van der Waals surface area contributed by atoms with Crippen molar-refractivity contribution in [3.8, 4) is 17.3 Å². The molecular weight excluding hydrogens is 430 g/mol. The summed E-state index contributed by atoms with van der Waals surface area (Å²) in [6, 6.07) is 13.9. The molecular formula is C25H31N7O2. The number of hydrogen-bond donors (Lipinski definition) is 2. The average molecular weight is 462 g/mol. The molecule has 0 atom stereocenters. The number of rotatable bonds is 9. The minimum absolute atomic E-state index is 0.403. The van der Waals surface area contributed by atoms with E-state index < -0.39 is 0 Å². The first-order valence-corrected chi connectivity index (χ1v) is 11.0. The number of nitrogens with two attached hydrogens (primary N) is 1. The lowest BCUT2D eigenvalue weighted by Gasteiger charge is -2.24. The molecule has 0 fully saturated rings. The smallest absolute Gasteiger partial charge is 0.229 e. The van der Waals surface area contributed by atoms with E-state index in [9.17, 15) is 0 Å². The summed E-state index contributed by atoms with van der Waals surface area (Å²) in [5.41, 5.74) is 9.65. The van der Waals surface area contributed by atoms with Gasteiger partial charge in [-0.25, -0.2) is 4.98 Å². The van der Waals surface area contributed by atoms with Gasteiger partial charge in [0, 0.05) is 32.4 Å². The Kier molecular flexibility index (Phi) is 6.74. The molecule has 4 aromatic rings. The normalized spacial score (nSPS) is 11.1. The molecule has 0 aliphatic heterocycles. The van der Waals surface area contributed by atoms with Crippen molar-refractivity contribution < 1.29 is 9.47 Å². The third-order valence-electron chi connectivity index (χ3n) is 5.67. The molecule has 0 radical (unpaired) electrons. The number of fused-ring (bicyclic) bond motifs is 1. The van der Waals surface area contributed by atoms with Crippen molar-refractivity contribution >= 4 is 33.9 Å². The minimum atomic E-state index is 0.403. The predicted octanol–water partition coefficient (Wildman–Crippen LogP) is 3.76. The SMILES string of the molecule is COc1cc(N(C)CCN(C)C)c(N)cc1Nc1ncc(OC)c(-n2ccc3ccccc32)n1. The molecule has 0 saturated carbocycles. The van der Waals surface area contributed by atoms with Crippen LogP contribution in [0, 0.1) is 0 Å². The highest BCUT2D eigenvalue weighted by Crippen LogP contribution is 2.36. The van der Waals surface area contributed by atoms with Crippen LogP contribution in [0.15, 0.2) is 54.9 Å². The topological polar surface area (TPSA) is 93.7 Å². The molecule has 34 heavy (non-hydrogen) atoms. The van der Waals surface area contributed by atoms with E-state index in [0.717, 1.165) is 29.7 Å². The third kappa shape index (κ3) is 4.69. The molecule has 2 heterocycles. The van der Waals surface area contributed by atoms with Gasteiger partial charge in [0.1, 0.15) is 5.75 Å². The van der Waals surface area contributed by atoms with Crippen LogP contribution in [0.2, 0.25) is 0 Å². The first kappa shape index (κ1) is 23.2. The lowest BCUT2D eigenvalue weighted by Crippen LogP contribution is -2.29. The van der Waals surface area contributed by atoms with E-state index in [-0.39, 0.29) is 0 Å². The van der Waals surface area contributed by atoms with Crippen molar-refractivity contribution in [2.75, 3.05) is 64.4 Å². The van der Waals surface area contributed by atoms with Gasteiger partial charge in [-0.1, -0.05) is 18.2 Å². The summed E-state index contributed by atoms with van der Waals surface area (Å²) in [4.78, 5) is 13.4. The lowest BCUT2D eigenvalue weighted by molar-refractivity contribution is 0.409. The van der Waals surface area contributed by atoms with E-state index in [4.69, 9.17) is 20.2 Å². The van der Waals surface area contributed by atoms with Crippen LogP contribution < -0.4 is 25.4 Å². The number of aromatic nitrogens is 3. The molecule has 178 valence electrons. The molecule has 0 aliphatic rings. The quantitative estimate of drug-likeness (QED) is 0.364. The zero-order chi connectivity index (χ0) is 24.2. The third-order valence-corrected chi connectivity index (χ3v) is 5.67. The van der Waals surface area contributed by atoms with E-state index in [1.54, 1.807) is 20.4 Å². The highest BCUT2D eigenvalue weighted by molar-refractivity contribution is 5.82. The van der Waals surface area contributed by atoms with Crippen LogP contribution in [0.5, 0.6) is 11.5 Å². The van der Waals surface area contributed by atoms with Gasteiger partial charge in [0.15, 0.2) is 11.6 Å². The van der Waals surface area contributed by atoms with Crippen molar-refractivity contribution in [2.24, 2.45) is 0 Å². The number of para-hydroxylation sites is 1. The molecule has 4 rings (SSSR count). The van der Waals surface area contributed by atoms with E-state index in [1.165, 1.54) is 0 Å². The molecule has 9 heteroatoms. The van der Waals surface area contributed by atoms with Crippen molar-refractivity contribution in [1.29, 1.82) is 0 Å². The van der Waals surface area contributed by atoms with E-state index in [1.807, 2.05) is 68.3 Å². The number of hydrogen-bond acceptors (Lipinski definition) is 8. The summed E-state index contributed by atoms with van der Waals surface area (Å²) in [6.07, 6.45) is 3.62. The van der Waals surface area contributed by atoms with Gasteiger partial charge in [-0.15, -0.1) is 0 Å². The number of benzene rings is 2. The highest BCUT2D eigenvalue weighted by atomic mass is 16.5. The maximum atomic E-state index is 6.41. The Hall–Kier alpha value is -3.98. The maximum Gasteiger partial charge on any atom is 0.229 e. The molecule has 0 aliphatic carbocycles. The summed E-state index contributed by atoms with van der Waals surface area (Å²) in [6.45, 7) is 1.75. The summed E-state index contributed by atoms with van der Waals surface area (Å²) < 4.78 is 13.2. The standard InChI is InChI=1S/C25H31N7O2/c1-30(2)12-13-31(3)21-15-22(33-4)19(14-18(21)26)28-25-27-16-23(34-5)24(29-25)32-11-10-17-8-6-7-9-20(17)32/h6-11,14-16H,12-13,26H2,1-5H3,(H,27,28,29). The summed E-state index contributed by atoms with van der Waals surface area (Å²) in [5.74, 6) is 2.25. The van der Waals surface area contributed by atoms with Crippen LogP contribution in [-0.4, -0.2) is 67.9 Å². The van der Waals surface area contributed by atoms with Gasteiger partial charge in [0.05, 0.1) is 43.0 Å². The molecule has 0 unspecified atom stereocenters. The van der Waals surface area contributed by atoms with E-state index in [0.29, 0.717) is 34.6 Å². The number of anilines is 4. The van der Waals surface area contributed by atoms with Crippen LogP contribution in [0.1, 0.15) is 0 Å². The van der Waals surface area contributed by atoms with Crippen molar-refractivity contribution in [3.63, 3.8) is 0 Å². The van der Waals surface area contributed by atoms with Crippen molar-refractivity contribution in [3.05, 3.63) is 54.9 Å². The van der Waals surface area contributed by atoms with Gasteiger partial charge in [0.25, 0.3) is 0 Å². The molecule has 9 nitrogen and oxygen atoms in total. The maximum absolute atomic E-state index is 6.41. The van der Waals surface area contributed by atoms with Crippen molar-refractivity contribution in [1.82, 2.24) is 19.4 Å². The molecule has 0 saturated heterocycles. The zero-order valence-corrected chi connectivity index (χ0v) is 20.2. The first-order valence-electron chi connectivity index (χ1n) is 11.0. The monoisotopic (exact) mass is 461 g/mol. The van der Waals surface area contributed by atoms with Crippen LogP contribution >= 0.6 is 0 Å². The van der Waals surface area contributed by atoms with Crippen molar-refractivity contribution in [2.45, 2.75) is 0 Å². The number of nitrogens with one attached hydrogen (secondary N) is 1. The van der Waals surface area contributed by atoms with E-state index in [2.05, 4.69) is 26.2 Å². The van der Waals surface area contributed by atoms with Crippen LogP contribution in [0.25, 0.3) is 16.7 Å². The van der Waals surface area contributed by atoms with Crippen LogP contribution in [0.4, 0.5) is 23.0 Å². The number of nitrogen functional groups attached to an aromatic ring is 1. The second-order valence-electron chi connectivity index (χ2n) is 8.29. The summed E-state index contributed by atoms with van der Waals surface area (Å²) in [5, 5.41) is 4.37. The number of ether oxygens (including phenoxy) is 2. The van der Waals surface area contributed by atoms with Gasteiger partial charge in [0.2, 0.25) is 5.95 Å². The summed E-state index contributed by atoms with van der Waals surface area (Å²) >= 11 is 0. The molecule has 3 N–H and O–H groups in total. The molecule has 2 aromatic carbocycles. The fraction of sp³-hybridized carbons (Fsp3) is 0.280. The first-order chi connectivity index (χ1) is 16.4. The van der Waals surface area contributed by atoms with Gasteiger partial charge in [-0.2, -0.15) is 4.98 Å².